The molecule has 0 aromatic carbocycles. The number of carboxylic acids is 2. The van der Waals surface area contributed by atoms with Crippen LogP contribution in [0.5, 0.6) is 0 Å². The summed E-state index contributed by atoms with van der Waals surface area (Å²) in [5, 5.41) is 20.4. The van der Waals surface area contributed by atoms with E-state index in [1.54, 1.807) is 0 Å². The number of hydrogen-bond donors (Lipinski definition) is 0. The second kappa shape index (κ2) is 44.2. The van der Waals surface area contributed by atoms with Gasteiger partial charge in [0.1, 0.15) is 0 Å². The molecule has 0 N–H and O–H groups in total. The maximum Gasteiger partial charge on any atom is 2.00 e. The standard InChI is InChI=1S/2C20H32O2.Ca/c2*1-2-3-4-5-6-7-8-9-10-11-12-13-14-15-16-17-18-19-20(21)22;/h2*6-7,9-10,12-13,15-16H,2-5,8,11,14,17-19H2,1H3,(H,21,22);/q;;+2/p-2. The van der Waals surface area contributed by atoms with E-state index in [0.717, 1.165) is 51.4 Å². The van der Waals surface area contributed by atoms with Crippen molar-refractivity contribution >= 4 is 49.7 Å². The Kier molecular flexibility index (Phi) is 46.7. The Morgan fingerprint density at radius 1 is 0.378 bits per heavy atom. The Hall–Kier alpha value is -1.88. The molecular formula is C40H62CaO4. The van der Waals surface area contributed by atoms with Crippen molar-refractivity contribution in [3.05, 3.63) is 97.2 Å². The van der Waals surface area contributed by atoms with Gasteiger partial charge in [0.25, 0.3) is 0 Å². The molecule has 0 aliphatic rings. The molecular weight excluding hydrogens is 585 g/mol. The van der Waals surface area contributed by atoms with E-state index < -0.39 is 11.9 Å². The van der Waals surface area contributed by atoms with Crippen molar-refractivity contribution in [2.75, 3.05) is 0 Å². The van der Waals surface area contributed by atoms with Gasteiger partial charge >= 0.3 is 37.7 Å². The Bertz CT molecular complexity index is 803. The van der Waals surface area contributed by atoms with Crippen molar-refractivity contribution in [1.29, 1.82) is 0 Å². The first-order valence-electron chi connectivity index (χ1n) is 17.1. The van der Waals surface area contributed by atoms with E-state index in [9.17, 15) is 19.8 Å². The first kappa shape index (κ1) is 47.5. The normalized spacial score (nSPS) is 12.1. The van der Waals surface area contributed by atoms with E-state index in [1.165, 1.54) is 51.4 Å². The summed E-state index contributed by atoms with van der Waals surface area (Å²) in [5.41, 5.74) is 0. The van der Waals surface area contributed by atoms with Crippen LogP contribution < -0.4 is 10.2 Å². The molecule has 0 saturated carbocycles. The molecule has 0 rings (SSSR count). The number of carbonyl (C=O) groups is 2. The van der Waals surface area contributed by atoms with E-state index in [2.05, 4.69) is 98.9 Å². The van der Waals surface area contributed by atoms with Crippen LogP contribution in [0.1, 0.15) is 142 Å². The Labute approximate surface area is 306 Å². The first-order chi connectivity index (χ1) is 21.5. The molecule has 0 saturated heterocycles. The zero-order valence-electron chi connectivity index (χ0n) is 28.7. The van der Waals surface area contributed by atoms with Gasteiger partial charge in [-0.1, -0.05) is 137 Å². The molecule has 0 aromatic heterocycles. The third-order valence-corrected chi connectivity index (χ3v) is 6.42. The van der Waals surface area contributed by atoms with Crippen molar-refractivity contribution < 1.29 is 19.8 Å². The summed E-state index contributed by atoms with van der Waals surface area (Å²) < 4.78 is 0. The van der Waals surface area contributed by atoms with Crippen molar-refractivity contribution in [3.63, 3.8) is 0 Å². The van der Waals surface area contributed by atoms with Gasteiger partial charge in [-0.15, -0.1) is 0 Å². The second-order valence-corrected chi connectivity index (χ2v) is 10.7. The Morgan fingerprint density at radius 2 is 0.600 bits per heavy atom. The smallest absolute Gasteiger partial charge is 0.550 e. The molecule has 0 fully saturated rings. The third-order valence-electron chi connectivity index (χ3n) is 6.42. The maximum atomic E-state index is 10.2. The SMILES string of the molecule is CCCCCC=CCC=CCC=CCC=CCCCC(=O)[O-].CCCCCC=CCC=CCC=CCC=CCCCC(=O)[O-].[Ca+2]. The van der Waals surface area contributed by atoms with Gasteiger partial charge in [-0.05, 0) is 103 Å². The van der Waals surface area contributed by atoms with Crippen molar-refractivity contribution in [3.8, 4) is 0 Å². The monoisotopic (exact) mass is 646 g/mol. The number of allylic oxidation sites excluding steroid dienone is 16. The largest absolute Gasteiger partial charge is 2.00 e. The molecule has 0 aliphatic carbocycles. The molecule has 0 spiro atoms. The van der Waals surface area contributed by atoms with Gasteiger partial charge in [-0.3, -0.25) is 0 Å². The minimum absolute atomic E-state index is 0. The molecule has 0 aliphatic heterocycles. The molecule has 0 bridgehead atoms. The molecule has 0 amide bonds. The van der Waals surface area contributed by atoms with E-state index in [1.807, 2.05) is 12.2 Å². The molecule has 4 nitrogen and oxygen atoms in total. The number of unbranched alkanes of at least 4 members (excludes halogenated alkanes) is 8. The van der Waals surface area contributed by atoms with Gasteiger partial charge in [0.15, 0.2) is 0 Å². The second-order valence-electron chi connectivity index (χ2n) is 10.7. The van der Waals surface area contributed by atoms with Crippen LogP contribution in [0.4, 0.5) is 0 Å². The zero-order chi connectivity index (χ0) is 32.6. The number of carbonyl (C=O) groups excluding carboxylic acids is 2. The first-order valence-corrected chi connectivity index (χ1v) is 17.1. The fourth-order valence-corrected chi connectivity index (χ4v) is 3.85. The average Bonchev–Trinajstić information content (AvgIpc) is 3.00. The van der Waals surface area contributed by atoms with Crippen molar-refractivity contribution in [1.82, 2.24) is 0 Å². The van der Waals surface area contributed by atoms with E-state index >= 15 is 0 Å². The van der Waals surface area contributed by atoms with Gasteiger partial charge in [0, 0.05) is 11.9 Å². The van der Waals surface area contributed by atoms with Gasteiger partial charge in [-0.2, -0.15) is 0 Å². The van der Waals surface area contributed by atoms with E-state index in [0.29, 0.717) is 12.8 Å². The molecule has 0 aromatic rings. The molecule has 248 valence electrons. The Morgan fingerprint density at radius 3 is 0.822 bits per heavy atom. The summed E-state index contributed by atoms with van der Waals surface area (Å²) in [4.78, 5) is 20.4. The molecule has 0 unspecified atom stereocenters. The van der Waals surface area contributed by atoms with Crippen LogP contribution in [-0.2, 0) is 9.59 Å². The molecule has 0 heterocycles. The number of rotatable bonds is 28. The fourth-order valence-electron chi connectivity index (χ4n) is 3.85. The van der Waals surface area contributed by atoms with Crippen LogP contribution in [0.15, 0.2) is 97.2 Å². The predicted molar refractivity (Wildman–Crippen MR) is 193 cm³/mol. The molecule has 5 heteroatoms. The van der Waals surface area contributed by atoms with Crippen molar-refractivity contribution in [2.45, 2.75) is 142 Å². The van der Waals surface area contributed by atoms with Crippen LogP contribution in [0, 0.1) is 0 Å². The van der Waals surface area contributed by atoms with Crippen LogP contribution in [0.3, 0.4) is 0 Å². The number of carboxylic acid groups (broad SMARTS) is 2. The van der Waals surface area contributed by atoms with Gasteiger partial charge in [0.05, 0.1) is 0 Å². The summed E-state index contributed by atoms with van der Waals surface area (Å²) in [7, 11) is 0. The van der Waals surface area contributed by atoms with Crippen LogP contribution in [0.2, 0.25) is 0 Å². The molecule has 45 heavy (non-hydrogen) atoms. The van der Waals surface area contributed by atoms with Crippen LogP contribution >= 0.6 is 0 Å². The summed E-state index contributed by atoms with van der Waals surface area (Å²) in [6.45, 7) is 4.46. The summed E-state index contributed by atoms with van der Waals surface area (Å²) in [5.74, 6) is -1.92. The minimum atomic E-state index is -0.962. The summed E-state index contributed by atoms with van der Waals surface area (Å²) >= 11 is 0. The quantitative estimate of drug-likeness (QED) is 0.0482. The number of aliphatic carboxylic acids is 2. The molecule has 0 radical (unpaired) electrons. The third kappa shape index (κ3) is 52.0. The topological polar surface area (TPSA) is 80.3 Å². The zero-order valence-corrected chi connectivity index (χ0v) is 30.9. The summed E-state index contributed by atoms with van der Waals surface area (Å²) in [6, 6.07) is 0. The summed E-state index contributed by atoms with van der Waals surface area (Å²) in [6.07, 6.45) is 54.0. The fraction of sp³-hybridized carbons (Fsp3) is 0.550. The van der Waals surface area contributed by atoms with Gasteiger partial charge < -0.3 is 19.8 Å². The maximum absolute atomic E-state index is 10.2. The Balaban J connectivity index is -0.000000767. The van der Waals surface area contributed by atoms with Gasteiger partial charge in [0.2, 0.25) is 0 Å². The predicted octanol–water partition coefficient (Wildman–Crippen LogP) is 9.38. The average molecular weight is 647 g/mol. The van der Waals surface area contributed by atoms with E-state index in [-0.39, 0.29) is 50.6 Å². The molecule has 0 atom stereocenters. The van der Waals surface area contributed by atoms with E-state index in [4.69, 9.17) is 0 Å². The minimum Gasteiger partial charge on any atom is -0.550 e. The van der Waals surface area contributed by atoms with Gasteiger partial charge in [-0.25, -0.2) is 0 Å². The van der Waals surface area contributed by atoms with Crippen LogP contribution in [0.25, 0.3) is 0 Å². The van der Waals surface area contributed by atoms with Crippen LogP contribution in [-0.4, -0.2) is 49.7 Å². The van der Waals surface area contributed by atoms with Crippen molar-refractivity contribution in [2.24, 2.45) is 0 Å². The number of hydrogen-bond acceptors (Lipinski definition) is 4.